The zero-order valence-corrected chi connectivity index (χ0v) is 9.77. The van der Waals surface area contributed by atoms with Crippen molar-refractivity contribution in [2.75, 3.05) is 19.0 Å². The van der Waals surface area contributed by atoms with Gasteiger partial charge in [0.1, 0.15) is 5.52 Å². The molecule has 0 bridgehead atoms. The minimum absolute atomic E-state index is 0.159. The largest absolute Gasteiger partial charge is 0.382 e. The molecule has 0 saturated carbocycles. The van der Waals surface area contributed by atoms with Crippen LogP contribution < -0.4 is 5.32 Å². The summed E-state index contributed by atoms with van der Waals surface area (Å²) in [6.07, 6.45) is 5.31. The Kier molecular flexibility index (Phi) is 2.78. The Labute approximate surface area is 94.4 Å². The number of anilines is 1. The molecule has 0 unspecified atom stereocenters. The zero-order valence-electron chi connectivity index (χ0n) is 9.77. The summed E-state index contributed by atoms with van der Waals surface area (Å²) >= 11 is 0. The van der Waals surface area contributed by atoms with Gasteiger partial charge in [-0.1, -0.05) is 0 Å². The van der Waals surface area contributed by atoms with Gasteiger partial charge in [-0.15, -0.1) is 0 Å². The molecule has 5 heteroatoms. The van der Waals surface area contributed by atoms with E-state index in [1.807, 2.05) is 12.3 Å². The van der Waals surface area contributed by atoms with Crippen LogP contribution in [0.15, 0.2) is 24.7 Å². The van der Waals surface area contributed by atoms with Gasteiger partial charge in [0.05, 0.1) is 18.3 Å². The van der Waals surface area contributed by atoms with Crippen molar-refractivity contribution in [2.24, 2.45) is 0 Å². The van der Waals surface area contributed by atoms with Gasteiger partial charge in [0, 0.05) is 19.5 Å². The molecule has 0 atom stereocenters. The van der Waals surface area contributed by atoms with Gasteiger partial charge in [0.2, 0.25) is 0 Å². The topological polar surface area (TPSA) is 51.5 Å². The SMILES string of the molecule is COCC(C)(C)Nc1nccn2nccc12. The lowest BCUT2D eigenvalue weighted by atomic mass is 10.1. The molecule has 2 rings (SSSR count). The highest BCUT2D eigenvalue weighted by atomic mass is 16.5. The second kappa shape index (κ2) is 4.09. The molecule has 0 aliphatic rings. The number of nitrogens with one attached hydrogen (secondary N) is 1. The fourth-order valence-electron chi connectivity index (χ4n) is 1.67. The monoisotopic (exact) mass is 220 g/mol. The molecule has 0 aliphatic carbocycles. The molecule has 0 aromatic carbocycles. The summed E-state index contributed by atoms with van der Waals surface area (Å²) in [5.41, 5.74) is 0.806. The zero-order chi connectivity index (χ0) is 11.6. The van der Waals surface area contributed by atoms with Crippen molar-refractivity contribution in [3.63, 3.8) is 0 Å². The molecular weight excluding hydrogens is 204 g/mol. The highest BCUT2D eigenvalue weighted by molar-refractivity contribution is 5.67. The molecule has 0 saturated heterocycles. The third kappa shape index (κ3) is 2.14. The first-order valence-electron chi connectivity index (χ1n) is 5.18. The molecule has 2 heterocycles. The number of hydrogen-bond donors (Lipinski definition) is 1. The summed E-state index contributed by atoms with van der Waals surface area (Å²) in [4.78, 5) is 4.32. The number of aromatic nitrogens is 3. The van der Waals surface area contributed by atoms with Crippen molar-refractivity contribution in [3.8, 4) is 0 Å². The molecule has 0 fully saturated rings. The molecule has 0 aliphatic heterocycles. The lowest BCUT2D eigenvalue weighted by Crippen LogP contribution is -2.36. The van der Waals surface area contributed by atoms with Gasteiger partial charge in [-0.25, -0.2) is 9.50 Å². The Morgan fingerprint density at radius 1 is 1.44 bits per heavy atom. The third-order valence-electron chi connectivity index (χ3n) is 2.29. The third-order valence-corrected chi connectivity index (χ3v) is 2.29. The van der Waals surface area contributed by atoms with Crippen molar-refractivity contribution in [3.05, 3.63) is 24.7 Å². The molecule has 0 radical (unpaired) electrons. The van der Waals surface area contributed by atoms with E-state index in [0.29, 0.717) is 6.61 Å². The molecule has 2 aromatic rings. The number of fused-ring (bicyclic) bond motifs is 1. The van der Waals surface area contributed by atoms with E-state index >= 15 is 0 Å². The first kappa shape index (κ1) is 10.9. The van der Waals surface area contributed by atoms with E-state index < -0.39 is 0 Å². The van der Waals surface area contributed by atoms with Crippen molar-refractivity contribution in [1.29, 1.82) is 0 Å². The lowest BCUT2D eigenvalue weighted by molar-refractivity contribution is 0.158. The van der Waals surface area contributed by atoms with E-state index in [-0.39, 0.29) is 5.54 Å². The molecule has 5 nitrogen and oxygen atoms in total. The van der Waals surface area contributed by atoms with Crippen LogP contribution in [0.25, 0.3) is 5.52 Å². The smallest absolute Gasteiger partial charge is 0.152 e. The van der Waals surface area contributed by atoms with Crippen LogP contribution in [0, 0.1) is 0 Å². The molecule has 2 aromatic heterocycles. The fraction of sp³-hybridized carbons (Fsp3) is 0.455. The molecule has 1 N–H and O–H groups in total. The highest BCUT2D eigenvalue weighted by Crippen LogP contribution is 2.17. The average molecular weight is 220 g/mol. The van der Waals surface area contributed by atoms with Crippen LogP contribution in [0.4, 0.5) is 5.82 Å². The minimum Gasteiger partial charge on any atom is -0.382 e. The van der Waals surface area contributed by atoms with E-state index in [4.69, 9.17) is 4.74 Å². The van der Waals surface area contributed by atoms with Gasteiger partial charge < -0.3 is 10.1 Å². The fourth-order valence-corrected chi connectivity index (χ4v) is 1.67. The maximum Gasteiger partial charge on any atom is 0.152 e. The Morgan fingerprint density at radius 2 is 2.25 bits per heavy atom. The van der Waals surface area contributed by atoms with Crippen LogP contribution in [-0.4, -0.2) is 33.9 Å². The highest BCUT2D eigenvalue weighted by Gasteiger charge is 2.18. The van der Waals surface area contributed by atoms with Gasteiger partial charge >= 0.3 is 0 Å². The minimum atomic E-state index is -0.159. The average Bonchev–Trinajstić information content (AvgIpc) is 2.65. The van der Waals surface area contributed by atoms with Crippen LogP contribution in [0.1, 0.15) is 13.8 Å². The number of ether oxygens (including phenoxy) is 1. The van der Waals surface area contributed by atoms with Gasteiger partial charge in [-0.2, -0.15) is 5.10 Å². The summed E-state index contributed by atoms with van der Waals surface area (Å²) in [5.74, 6) is 0.821. The Balaban J connectivity index is 2.30. The van der Waals surface area contributed by atoms with Crippen molar-refractivity contribution < 1.29 is 4.74 Å². The van der Waals surface area contributed by atoms with E-state index in [9.17, 15) is 0 Å². The number of hydrogen-bond acceptors (Lipinski definition) is 4. The van der Waals surface area contributed by atoms with E-state index in [1.54, 1.807) is 24.0 Å². The normalized spacial score (nSPS) is 11.9. The quantitative estimate of drug-likeness (QED) is 0.849. The maximum absolute atomic E-state index is 5.16. The molecular formula is C11H16N4O. The van der Waals surface area contributed by atoms with E-state index in [2.05, 4.69) is 29.2 Å². The van der Waals surface area contributed by atoms with Gasteiger partial charge in [-0.05, 0) is 19.9 Å². The Morgan fingerprint density at radius 3 is 3.00 bits per heavy atom. The van der Waals surface area contributed by atoms with Crippen LogP contribution >= 0.6 is 0 Å². The predicted octanol–water partition coefficient (Wildman–Crippen LogP) is 1.57. The summed E-state index contributed by atoms with van der Waals surface area (Å²) in [6.45, 7) is 4.75. The summed E-state index contributed by atoms with van der Waals surface area (Å²) in [7, 11) is 1.69. The second-order valence-corrected chi connectivity index (χ2v) is 4.38. The first-order valence-corrected chi connectivity index (χ1v) is 5.18. The van der Waals surface area contributed by atoms with E-state index in [1.165, 1.54) is 0 Å². The molecule has 16 heavy (non-hydrogen) atoms. The molecule has 86 valence electrons. The van der Waals surface area contributed by atoms with Crippen LogP contribution in [0.5, 0.6) is 0 Å². The van der Waals surface area contributed by atoms with Crippen molar-refractivity contribution in [2.45, 2.75) is 19.4 Å². The van der Waals surface area contributed by atoms with E-state index in [0.717, 1.165) is 11.3 Å². The standard InChI is InChI=1S/C11H16N4O/c1-11(2,8-16-3)14-10-9-4-5-13-15(9)7-6-12-10/h4-7H,8H2,1-3H3,(H,12,14). The lowest BCUT2D eigenvalue weighted by Gasteiger charge is -2.26. The van der Waals surface area contributed by atoms with Gasteiger partial charge in [0.25, 0.3) is 0 Å². The number of rotatable bonds is 4. The number of nitrogens with zero attached hydrogens (tertiary/aromatic N) is 3. The first-order chi connectivity index (χ1) is 7.62. The Bertz CT molecular complexity index is 478. The second-order valence-electron chi connectivity index (χ2n) is 4.38. The van der Waals surface area contributed by atoms with Crippen molar-refractivity contribution >= 4 is 11.3 Å². The summed E-state index contributed by atoms with van der Waals surface area (Å²) in [5, 5.41) is 7.51. The predicted molar refractivity (Wildman–Crippen MR) is 62.6 cm³/mol. The van der Waals surface area contributed by atoms with Crippen LogP contribution in [0.3, 0.4) is 0 Å². The van der Waals surface area contributed by atoms with Gasteiger partial charge in [0.15, 0.2) is 5.82 Å². The Hall–Kier alpha value is -1.62. The van der Waals surface area contributed by atoms with Crippen molar-refractivity contribution in [1.82, 2.24) is 14.6 Å². The summed E-state index contributed by atoms with van der Waals surface area (Å²) in [6, 6.07) is 1.93. The van der Waals surface area contributed by atoms with Gasteiger partial charge in [-0.3, -0.25) is 0 Å². The number of methoxy groups -OCH3 is 1. The van der Waals surface area contributed by atoms with Crippen LogP contribution in [0.2, 0.25) is 0 Å². The maximum atomic E-state index is 5.16. The summed E-state index contributed by atoms with van der Waals surface area (Å²) < 4.78 is 6.95. The molecule has 0 amide bonds. The van der Waals surface area contributed by atoms with Crippen LogP contribution in [-0.2, 0) is 4.74 Å². The molecule has 0 spiro atoms.